The Bertz CT molecular complexity index is 159. The number of hydrogen-bond acceptors (Lipinski definition) is 3. The van der Waals surface area contributed by atoms with Gasteiger partial charge in [0.1, 0.15) is 0 Å². The highest BCUT2D eigenvalue weighted by molar-refractivity contribution is 5.73. The van der Waals surface area contributed by atoms with E-state index in [0.717, 1.165) is 25.7 Å². The van der Waals surface area contributed by atoms with E-state index in [4.69, 9.17) is 10.5 Å². The highest BCUT2D eigenvalue weighted by atomic mass is 16.5. The number of carbonyl (C=O) groups is 1. The van der Waals surface area contributed by atoms with E-state index in [1.807, 2.05) is 0 Å². The molecule has 0 bridgehead atoms. The summed E-state index contributed by atoms with van der Waals surface area (Å²) in [7, 11) is 1.43. The molecule has 0 spiro atoms. The van der Waals surface area contributed by atoms with Gasteiger partial charge in [0.2, 0.25) is 0 Å². The number of methoxy groups -OCH3 is 1. The van der Waals surface area contributed by atoms with Crippen molar-refractivity contribution >= 4 is 5.97 Å². The van der Waals surface area contributed by atoms with Crippen molar-refractivity contribution in [1.29, 1.82) is 0 Å². The van der Waals surface area contributed by atoms with Crippen molar-refractivity contribution in [3.8, 4) is 0 Å². The van der Waals surface area contributed by atoms with E-state index in [9.17, 15) is 4.79 Å². The molecule has 0 radical (unpaired) electrons. The average molecular weight is 171 g/mol. The maximum atomic E-state index is 11.2. The summed E-state index contributed by atoms with van der Waals surface area (Å²) < 4.78 is 4.70. The first kappa shape index (κ1) is 9.52. The molecule has 1 aliphatic carbocycles. The lowest BCUT2D eigenvalue weighted by atomic mass is 9.96. The molecule has 0 aromatic carbocycles. The van der Waals surface area contributed by atoms with Gasteiger partial charge >= 0.3 is 5.97 Å². The van der Waals surface area contributed by atoms with E-state index in [1.165, 1.54) is 13.5 Å². The van der Waals surface area contributed by atoms with E-state index >= 15 is 0 Å². The van der Waals surface area contributed by atoms with Gasteiger partial charge in [-0.25, -0.2) is 0 Å². The van der Waals surface area contributed by atoms with Crippen molar-refractivity contribution in [2.75, 3.05) is 7.11 Å². The molecule has 0 aliphatic heterocycles. The quantitative estimate of drug-likeness (QED) is 0.474. The third-order valence-electron chi connectivity index (χ3n) is 2.57. The molecule has 1 saturated carbocycles. The van der Waals surface area contributed by atoms with Crippen LogP contribution in [0.3, 0.4) is 0 Å². The van der Waals surface area contributed by atoms with Crippen LogP contribution >= 0.6 is 0 Å². The first-order valence-corrected chi connectivity index (χ1v) is 4.59. The summed E-state index contributed by atoms with van der Waals surface area (Å²) in [6, 6.07) is 0.0138. The minimum Gasteiger partial charge on any atom is -0.469 e. The summed E-state index contributed by atoms with van der Waals surface area (Å²) >= 11 is 0. The van der Waals surface area contributed by atoms with Gasteiger partial charge in [0.05, 0.1) is 13.0 Å². The van der Waals surface area contributed by atoms with E-state index in [1.54, 1.807) is 0 Å². The molecule has 1 rings (SSSR count). The number of esters is 1. The Balaban J connectivity index is 2.52. The molecule has 3 heteroatoms. The van der Waals surface area contributed by atoms with Crippen molar-refractivity contribution in [2.45, 2.75) is 38.1 Å². The van der Waals surface area contributed by atoms with Crippen LogP contribution in [-0.2, 0) is 9.53 Å². The van der Waals surface area contributed by atoms with Crippen LogP contribution in [0.4, 0.5) is 0 Å². The average Bonchev–Trinajstić information content (AvgIpc) is 2.28. The fourth-order valence-electron chi connectivity index (χ4n) is 1.78. The molecule has 70 valence electrons. The molecule has 1 fully saturated rings. The Labute approximate surface area is 73.3 Å². The Morgan fingerprint density at radius 2 is 2.00 bits per heavy atom. The maximum Gasteiger partial charge on any atom is 0.310 e. The van der Waals surface area contributed by atoms with Gasteiger partial charge in [0.25, 0.3) is 0 Å². The highest BCUT2D eigenvalue weighted by Gasteiger charge is 2.27. The van der Waals surface area contributed by atoms with Gasteiger partial charge < -0.3 is 10.5 Å². The largest absolute Gasteiger partial charge is 0.469 e. The van der Waals surface area contributed by atoms with Gasteiger partial charge in [-0.2, -0.15) is 0 Å². The number of nitrogens with two attached hydrogens (primary N) is 1. The number of rotatable bonds is 1. The monoisotopic (exact) mass is 171 g/mol. The van der Waals surface area contributed by atoms with E-state index in [-0.39, 0.29) is 17.9 Å². The summed E-state index contributed by atoms with van der Waals surface area (Å²) in [5.74, 6) is -0.193. The lowest BCUT2D eigenvalue weighted by Gasteiger charge is -2.17. The summed E-state index contributed by atoms with van der Waals surface area (Å²) in [4.78, 5) is 11.2. The molecule has 2 N–H and O–H groups in total. The highest BCUT2D eigenvalue weighted by Crippen LogP contribution is 2.22. The second kappa shape index (κ2) is 4.45. The van der Waals surface area contributed by atoms with Crippen LogP contribution in [0.5, 0.6) is 0 Å². The predicted octanol–water partition coefficient (Wildman–Crippen LogP) is 1.07. The van der Waals surface area contributed by atoms with E-state index in [2.05, 4.69) is 0 Å². The minimum atomic E-state index is -0.135. The molecular weight excluding hydrogens is 154 g/mol. The zero-order chi connectivity index (χ0) is 8.97. The van der Waals surface area contributed by atoms with Gasteiger partial charge in [-0.15, -0.1) is 0 Å². The summed E-state index contributed by atoms with van der Waals surface area (Å²) in [6.45, 7) is 0. The van der Waals surface area contributed by atoms with Gasteiger partial charge in [0.15, 0.2) is 0 Å². The minimum absolute atomic E-state index is 0.0138. The lowest BCUT2D eigenvalue weighted by molar-refractivity contribution is -0.146. The van der Waals surface area contributed by atoms with Crippen LogP contribution in [0, 0.1) is 5.92 Å². The first-order valence-electron chi connectivity index (χ1n) is 4.59. The number of ether oxygens (including phenoxy) is 1. The Hall–Kier alpha value is -0.570. The molecule has 3 nitrogen and oxygen atoms in total. The third-order valence-corrected chi connectivity index (χ3v) is 2.57. The molecule has 0 unspecified atom stereocenters. The standard InChI is InChI=1S/C9H17NO2/c1-12-9(11)7-5-3-2-4-6-8(7)10/h7-8H,2-6,10H2,1H3/t7-,8+/m1/s1. The van der Waals surface area contributed by atoms with Gasteiger partial charge in [-0.1, -0.05) is 19.3 Å². The molecule has 0 aromatic rings. The van der Waals surface area contributed by atoms with E-state index in [0.29, 0.717) is 0 Å². The normalized spacial score (nSPS) is 30.8. The van der Waals surface area contributed by atoms with Crippen LogP contribution in [0.2, 0.25) is 0 Å². The van der Waals surface area contributed by atoms with Crippen molar-refractivity contribution in [3.05, 3.63) is 0 Å². The van der Waals surface area contributed by atoms with Crippen LogP contribution < -0.4 is 5.73 Å². The second-order valence-corrected chi connectivity index (χ2v) is 3.43. The van der Waals surface area contributed by atoms with Gasteiger partial charge in [0, 0.05) is 6.04 Å². The molecular formula is C9H17NO2. The summed E-state index contributed by atoms with van der Waals surface area (Å²) in [6.07, 6.45) is 5.30. The number of hydrogen-bond donors (Lipinski definition) is 1. The fraction of sp³-hybridized carbons (Fsp3) is 0.889. The Morgan fingerprint density at radius 1 is 1.33 bits per heavy atom. The molecule has 0 amide bonds. The third kappa shape index (κ3) is 2.21. The summed E-state index contributed by atoms with van der Waals surface area (Å²) in [5, 5.41) is 0. The van der Waals surface area contributed by atoms with Crippen LogP contribution in [0.1, 0.15) is 32.1 Å². The predicted molar refractivity (Wildman–Crippen MR) is 46.6 cm³/mol. The molecule has 0 saturated heterocycles. The fourth-order valence-corrected chi connectivity index (χ4v) is 1.78. The maximum absolute atomic E-state index is 11.2. The zero-order valence-electron chi connectivity index (χ0n) is 7.58. The molecule has 2 atom stereocenters. The van der Waals surface area contributed by atoms with Crippen LogP contribution in [-0.4, -0.2) is 19.1 Å². The second-order valence-electron chi connectivity index (χ2n) is 3.43. The van der Waals surface area contributed by atoms with E-state index < -0.39 is 0 Å². The van der Waals surface area contributed by atoms with Crippen molar-refractivity contribution in [2.24, 2.45) is 11.7 Å². The molecule has 12 heavy (non-hydrogen) atoms. The smallest absolute Gasteiger partial charge is 0.310 e. The van der Waals surface area contributed by atoms with Crippen molar-refractivity contribution in [3.63, 3.8) is 0 Å². The van der Waals surface area contributed by atoms with Crippen LogP contribution in [0.25, 0.3) is 0 Å². The van der Waals surface area contributed by atoms with Gasteiger partial charge in [-0.3, -0.25) is 4.79 Å². The first-order chi connectivity index (χ1) is 5.75. The van der Waals surface area contributed by atoms with Crippen LogP contribution in [0.15, 0.2) is 0 Å². The molecule has 1 aliphatic rings. The lowest BCUT2D eigenvalue weighted by Crippen LogP contribution is -2.35. The zero-order valence-corrected chi connectivity index (χ0v) is 7.58. The summed E-state index contributed by atoms with van der Waals surface area (Å²) in [5.41, 5.74) is 5.85. The Morgan fingerprint density at radius 3 is 2.67 bits per heavy atom. The van der Waals surface area contributed by atoms with Crippen molar-refractivity contribution in [1.82, 2.24) is 0 Å². The molecule has 0 aromatic heterocycles. The SMILES string of the molecule is COC(=O)[C@@H]1CCCCC[C@@H]1N. The molecule has 0 heterocycles. The topological polar surface area (TPSA) is 52.3 Å². The van der Waals surface area contributed by atoms with Crippen molar-refractivity contribution < 1.29 is 9.53 Å². The Kier molecular flexibility index (Phi) is 3.53. The number of carbonyl (C=O) groups excluding carboxylic acids is 1. The van der Waals surface area contributed by atoms with Gasteiger partial charge in [-0.05, 0) is 12.8 Å².